The SMILES string of the molecule is C1=C(c2ccc(N(c3ccc(-c4ccc5ccccc5c4)cc3)c3ccc(-c4ccc5ccccc5c4)cc3)cc2)C(c2ccccc2)(c2ccccc2)c2ccccc21. The second-order valence-electron chi connectivity index (χ2n) is 15.7. The molecule has 10 aromatic carbocycles. The molecule has 0 unspecified atom stereocenters. The lowest BCUT2D eigenvalue weighted by atomic mass is 9.65. The number of hydrogen-bond acceptors (Lipinski definition) is 1. The predicted molar refractivity (Wildman–Crippen MR) is 254 cm³/mol. The fraction of sp³-hybridized carbons (Fsp3) is 0.0169. The van der Waals surface area contributed by atoms with Gasteiger partial charge in [-0.2, -0.15) is 0 Å². The van der Waals surface area contributed by atoms with E-state index in [2.05, 4.69) is 254 Å². The maximum absolute atomic E-state index is 2.40. The van der Waals surface area contributed by atoms with Crippen molar-refractivity contribution in [1.29, 1.82) is 0 Å². The standard InChI is InChI=1S/C59H41N/c1-3-18-52(19-4-1)59(53-20-5-2-6-21-53)57-22-12-11-17-51(57)41-58(59)46-31-37-56(38-32-46)60(54-33-27-44(28-34-54)49-25-23-42-13-7-9-15-47(42)39-49)55-35-29-45(30-36-55)50-26-24-43-14-8-10-16-48(43)40-50/h1-41H. The van der Waals surface area contributed by atoms with Crippen LogP contribution in [0.1, 0.15) is 27.8 Å². The van der Waals surface area contributed by atoms with E-state index in [9.17, 15) is 0 Å². The van der Waals surface area contributed by atoms with Crippen LogP contribution in [0.5, 0.6) is 0 Å². The molecule has 0 heterocycles. The molecule has 0 spiro atoms. The van der Waals surface area contributed by atoms with Crippen molar-refractivity contribution in [3.63, 3.8) is 0 Å². The van der Waals surface area contributed by atoms with Gasteiger partial charge in [0.25, 0.3) is 0 Å². The Kier molecular flexibility index (Phi) is 8.79. The molecule has 282 valence electrons. The zero-order valence-corrected chi connectivity index (χ0v) is 33.1. The Labute approximate surface area is 351 Å². The first-order valence-corrected chi connectivity index (χ1v) is 20.7. The van der Waals surface area contributed by atoms with E-state index in [1.54, 1.807) is 0 Å². The summed E-state index contributed by atoms with van der Waals surface area (Å²) in [7, 11) is 0. The number of fused-ring (bicyclic) bond motifs is 3. The van der Waals surface area contributed by atoms with Gasteiger partial charge in [-0.05, 0) is 132 Å². The Morgan fingerprint density at radius 1 is 0.283 bits per heavy atom. The van der Waals surface area contributed by atoms with Crippen LogP contribution in [0, 0.1) is 0 Å². The van der Waals surface area contributed by atoms with E-state index in [-0.39, 0.29) is 0 Å². The molecular weight excluding hydrogens is 723 g/mol. The molecule has 1 nitrogen and oxygen atoms in total. The summed E-state index contributed by atoms with van der Waals surface area (Å²) in [5.41, 5.74) is 15.2. The van der Waals surface area contributed by atoms with Crippen LogP contribution in [0.25, 0.3) is 55.4 Å². The number of hydrogen-bond donors (Lipinski definition) is 0. The molecule has 0 saturated carbocycles. The second kappa shape index (κ2) is 14.9. The summed E-state index contributed by atoms with van der Waals surface area (Å²) in [6, 6.07) is 88.6. The second-order valence-corrected chi connectivity index (χ2v) is 15.7. The van der Waals surface area contributed by atoms with Gasteiger partial charge in [-0.1, -0.05) is 194 Å². The molecule has 0 bridgehead atoms. The molecule has 11 rings (SSSR count). The number of anilines is 3. The van der Waals surface area contributed by atoms with Crippen molar-refractivity contribution in [3.05, 3.63) is 270 Å². The fourth-order valence-electron chi connectivity index (χ4n) is 9.42. The Balaban J connectivity index is 1.01. The first kappa shape index (κ1) is 35.4. The summed E-state index contributed by atoms with van der Waals surface area (Å²) >= 11 is 0. The molecule has 0 atom stereocenters. The van der Waals surface area contributed by atoms with Crippen LogP contribution < -0.4 is 4.90 Å². The van der Waals surface area contributed by atoms with E-state index in [1.165, 1.54) is 77.2 Å². The summed E-state index contributed by atoms with van der Waals surface area (Å²) in [4.78, 5) is 2.37. The molecule has 1 aliphatic carbocycles. The van der Waals surface area contributed by atoms with Gasteiger partial charge in [-0.15, -0.1) is 0 Å². The quantitative estimate of drug-likeness (QED) is 0.149. The van der Waals surface area contributed by atoms with Crippen LogP contribution in [0.2, 0.25) is 0 Å². The zero-order valence-electron chi connectivity index (χ0n) is 33.1. The lowest BCUT2D eigenvalue weighted by Gasteiger charge is -2.36. The molecule has 60 heavy (non-hydrogen) atoms. The highest BCUT2D eigenvalue weighted by atomic mass is 15.1. The van der Waals surface area contributed by atoms with E-state index < -0.39 is 5.41 Å². The minimum absolute atomic E-state index is 0.461. The largest absolute Gasteiger partial charge is 0.311 e. The Morgan fingerprint density at radius 2 is 0.667 bits per heavy atom. The summed E-state index contributed by atoms with van der Waals surface area (Å²) in [5, 5.41) is 5.00. The molecule has 0 fully saturated rings. The lowest BCUT2D eigenvalue weighted by Crippen LogP contribution is -2.29. The number of benzene rings is 10. The van der Waals surface area contributed by atoms with Crippen molar-refractivity contribution in [2.75, 3.05) is 4.90 Å². The van der Waals surface area contributed by atoms with Gasteiger partial charge in [0.05, 0.1) is 5.41 Å². The van der Waals surface area contributed by atoms with Gasteiger partial charge in [-0.3, -0.25) is 0 Å². The Morgan fingerprint density at radius 3 is 1.15 bits per heavy atom. The molecule has 0 aliphatic heterocycles. The van der Waals surface area contributed by atoms with Crippen LogP contribution in [0.4, 0.5) is 17.1 Å². The third-order valence-electron chi connectivity index (χ3n) is 12.3. The van der Waals surface area contributed by atoms with E-state index in [0.29, 0.717) is 0 Å². The van der Waals surface area contributed by atoms with Gasteiger partial charge < -0.3 is 4.90 Å². The Hall–Kier alpha value is -7.74. The maximum Gasteiger partial charge on any atom is 0.0713 e. The molecule has 10 aromatic rings. The topological polar surface area (TPSA) is 3.24 Å². The summed E-state index contributed by atoms with van der Waals surface area (Å²) in [6.45, 7) is 0. The lowest BCUT2D eigenvalue weighted by molar-refractivity contribution is 0.814. The van der Waals surface area contributed by atoms with Crippen molar-refractivity contribution < 1.29 is 0 Å². The monoisotopic (exact) mass is 763 g/mol. The van der Waals surface area contributed by atoms with E-state index in [1.807, 2.05) is 0 Å². The highest BCUT2D eigenvalue weighted by Gasteiger charge is 2.45. The van der Waals surface area contributed by atoms with Crippen LogP contribution >= 0.6 is 0 Å². The van der Waals surface area contributed by atoms with Gasteiger partial charge in [0.15, 0.2) is 0 Å². The zero-order chi connectivity index (χ0) is 39.9. The minimum atomic E-state index is -0.461. The molecular formula is C59H41N. The fourth-order valence-corrected chi connectivity index (χ4v) is 9.42. The van der Waals surface area contributed by atoms with E-state index in [4.69, 9.17) is 0 Å². The van der Waals surface area contributed by atoms with E-state index in [0.717, 1.165) is 17.1 Å². The smallest absolute Gasteiger partial charge is 0.0713 e. The van der Waals surface area contributed by atoms with Gasteiger partial charge in [0, 0.05) is 17.1 Å². The number of nitrogens with zero attached hydrogens (tertiary/aromatic N) is 1. The van der Waals surface area contributed by atoms with Crippen LogP contribution in [0.15, 0.2) is 243 Å². The van der Waals surface area contributed by atoms with Crippen LogP contribution in [-0.4, -0.2) is 0 Å². The molecule has 1 heteroatoms. The first-order valence-electron chi connectivity index (χ1n) is 20.7. The van der Waals surface area contributed by atoms with Crippen molar-refractivity contribution in [2.45, 2.75) is 5.41 Å². The van der Waals surface area contributed by atoms with Gasteiger partial charge in [-0.25, -0.2) is 0 Å². The third-order valence-corrected chi connectivity index (χ3v) is 12.3. The normalized spacial score (nSPS) is 12.9. The minimum Gasteiger partial charge on any atom is -0.311 e. The highest BCUT2D eigenvalue weighted by molar-refractivity contribution is 6.00. The third kappa shape index (κ3) is 6.11. The summed E-state index contributed by atoms with van der Waals surface area (Å²) in [6.07, 6.45) is 2.40. The van der Waals surface area contributed by atoms with Gasteiger partial charge >= 0.3 is 0 Å². The summed E-state index contributed by atoms with van der Waals surface area (Å²) < 4.78 is 0. The maximum atomic E-state index is 2.40. The van der Waals surface area contributed by atoms with Crippen LogP contribution in [0.3, 0.4) is 0 Å². The molecule has 0 saturated heterocycles. The van der Waals surface area contributed by atoms with E-state index >= 15 is 0 Å². The predicted octanol–water partition coefficient (Wildman–Crippen LogP) is 15.7. The van der Waals surface area contributed by atoms with Gasteiger partial charge in [0.2, 0.25) is 0 Å². The summed E-state index contributed by atoms with van der Waals surface area (Å²) in [5.74, 6) is 0. The average Bonchev–Trinajstić information content (AvgIpc) is 3.69. The molecule has 0 aromatic heterocycles. The first-order chi connectivity index (χ1) is 29.7. The highest BCUT2D eigenvalue weighted by Crippen LogP contribution is 2.55. The van der Waals surface area contributed by atoms with Crippen molar-refractivity contribution >= 4 is 50.3 Å². The average molecular weight is 764 g/mol. The van der Waals surface area contributed by atoms with Gasteiger partial charge in [0.1, 0.15) is 0 Å². The van der Waals surface area contributed by atoms with Crippen LogP contribution in [-0.2, 0) is 5.41 Å². The molecule has 0 radical (unpaired) electrons. The van der Waals surface area contributed by atoms with Crippen molar-refractivity contribution in [2.24, 2.45) is 0 Å². The Bertz CT molecular complexity index is 3000. The molecule has 1 aliphatic rings. The number of rotatable bonds is 8. The molecule has 0 amide bonds. The number of allylic oxidation sites excluding steroid dienone is 1. The van der Waals surface area contributed by atoms with Crippen molar-refractivity contribution in [1.82, 2.24) is 0 Å². The van der Waals surface area contributed by atoms with Crippen molar-refractivity contribution in [3.8, 4) is 22.3 Å². The molecule has 0 N–H and O–H groups in total.